The van der Waals surface area contributed by atoms with Gasteiger partial charge in [0.2, 0.25) is 0 Å². The average Bonchev–Trinajstić information content (AvgIpc) is 2.59. The molecule has 22 heavy (non-hydrogen) atoms. The van der Waals surface area contributed by atoms with Gasteiger partial charge in [-0.1, -0.05) is 0 Å². The molecule has 0 aliphatic heterocycles. The molecular weight excluding hydrogens is 282 g/mol. The lowest BCUT2D eigenvalue weighted by Crippen LogP contribution is -2.26. The number of ether oxygens (including phenoxy) is 3. The number of anilines is 1. The topological polar surface area (TPSA) is 48.0 Å². The largest absolute Gasteiger partial charge is 0.497 e. The molecule has 1 amide bonds. The Bertz CT molecular complexity index is 652. The van der Waals surface area contributed by atoms with E-state index in [1.807, 2.05) is 24.3 Å². The highest BCUT2D eigenvalue weighted by atomic mass is 16.5. The third-order valence-electron chi connectivity index (χ3n) is 3.39. The molecule has 0 aromatic heterocycles. The molecule has 0 radical (unpaired) electrons. The molecule has 2 rings (SSSR count). The maximum atomic E-state index is 12.6. The third-order valence-corrected chi connectivity index (χ3v) is 3.39. The number of amides is 1. The van der Waals surface area contributed by atoms with Crippen LogP contribution >= 0.6 is 0 Å². The Morgan fingerprint density at radius 2 is 1.50 bits per heavy atom. The monoisotopic (exact) mass is 301 g/mol. The molecule has 2 aromatic carbocycles. The van der Waals surface area contributed by atoms with E-state index in [2.05, 4.69) is 0 Å². The number of nitrogens with zero attached hydrogens (tertiary/aromatic N) is 1. The Balaban J connectivity index is 2.26. The second-order valence-electron chi connectivity index (χ2n) is 4.63. The summed E-state index contributed by atoms with van der Waals surface area (Å²) in [5.74, 6) is 1.73. The van der Waals surface area contributed by atoms with Crippen molar-refractivity contribution < 1.29 is 19.0 Å². The Hall–Kier alpha value is -2.69. The molecule has 0 atom stereocenters. The quantitative estimate of drug-likeness (QED) is 0.852. The number of methoxy groups -OCH3 is 3. The van der Waals surface area contributed by atoms with Crippen molar-refractivity contribution in [2.45, 2.75) is 0 Å². The van der Waals surface area contributed by atoms with Crippen molar-refractivity contribution in [1.82, 2.24) is 0 Å². The molecule has 0 unspecified atom stereocenters. The summed E-state index contributed by atoms with van der Waals surface area (Å²) in [5, 5.41) is 0. The van der Waals surface area contributed by atoms with Crippen LogP contribution in [0.3, 0.4) is 0 Å². The van der Waals surface area contributed by atoms with Crippen LogP contribution in [0.5, 0.6) is 17.2 Å². The predicted molar refractivity (Wildman–Crippen MR) is 85.3 cm³/mol. The molecule has 0 fully saturated rings. The fourth-order valence-corrected chi connectivity index (χ4v) is 2.09. The fourth-order valence-electron chi connectivity index (χ4n) is 2.09. The van der Waals surface area contributed by atoms with E-state index in [9.17, 15) is 4.79 Å². The molecule has 0 N–H and O–H groups in total. The SMILES string of the molecule is COc1ccc(N(C)C(=O)c2ccc(OC)c(OC)c2)cc1. The summed E-state index contributed by atoms with van der Waals surface area (Å²) in [6.07, 6.45) is 0. The Labute approximate surface area is 130 Å². The summed E-state index contributed by atoms with van der Waals surface area (Å²) in [6.45, 7) is 0. The van der Waals surface area contributed by atoms with Crippen molar-refractivity contribution in [2.24, 2.45) is 0 Å². The lowest BCUT2D eigenvalue weighted by atomic mass is 10.1. The van der Waals surface area contributed by atoms with Gasteiger partial charge < -0.3 is 19.1 Å². The lowest BCUT2D eigenvalue weighted by Gasteiger charge is -2.18. The molecule has 0 spiro atoms. The van der Waals surface area contributed by atoms with Crippen LogP contribution in [0.4, 0.5) is 5.69 Å². The molecule has 0 bridgehead atoms. The van der Waals surface area contributed by atoms with Crippen molar-refractivity contribution in [3.05, 3.63) is 48.0 Å². The molecule has 2 aromatic rings. The fraction of sp³-hybridized carbons (Fsp3) is 0.235. The van der Waals surface area contributed by atoms with E-state index in [0.29, 0.717) is 17.1 Å². The predicted octanol–water partition coefficient (Wildman–Crippen LogP) is 2.99. The van der Waals surface area contributed by atoms with Crippen LogP contribution in [-0.4, -0.2) is 34.3 Å². The Morgan fingerprint density at radius 1 is 0.864 bits per heavy atom. The van der Waals surface area contributed by atoms with E-state index >= 15 is 0 Å². The van der Waals surface area contributed by atoms with Gasteiger partial charge >= 0.3 is 0 Å². The first-order chi connectivity index (χ1) is 10.6. The highest BCUT2D eigenvalue weighted by Crippen LogP contribution is 2.28. The van der Waals surface area contributed by atoms with E-state index in [1.165, 1.54) is 0 Å². The number of hydrogen-bond donors (Lipinski definition) is 0. The number of carbonyl (C=O) groups excluding carboxylic acids is 1. The van der Waals surface area contributed by atoms with Gasteiger partial charge in [-0.25, -0.2) is 0 Å². The molecule has 116 valence electrons. The maximum absolute atomic E-state index is 12.6. The van der Waals surface area contributed by atoms with Gasteiger partial charge in [0, 0.05) is 18.3 Å². The summed E-state index contributed by atoms with van der Waals surface area (Å²) in [5.41, 5.74) is 1.30. The molecular formula is C17H19NO4. The zero-order valence-corrected chi connectivity index (χ0v) is 13.1. The van der Waals surface area contributed by atoms with Gasteiger partial charge in [0.05, 0.1) is 21.3 Å². The highest BCUT2D eigenvalue weighted by molar-refractivity contribution is 6.06. The number of benzene rings is 2. The van der Waals surface area contributed by atoms with Crippen LogP contribution < -0.4 is 19.1 Å². The van der Waals surface area contributed by atoms with Crippen LogP contribution in [-0.2, 0) is 0 Å². The van der Waals surface area contributed by atoms with Crippen LogP contribution in [0.2, 0.25) is 0 Å². The first-order valence-electron chi connectivity index (χ1n) is 6.75. The summed E-state index contributed by atoms with van der Waals surface area (Å²) in [4.78, 5) is 14.1. The molecule has 0 saturated heterocycles. The normalized spacial score (nSPS) is 10.0. The van der Waals surface area contributed by atoms with Gasteiger partial charge in [-0.3, -0.25) is 4.79 Å². The number of rotatable bonds is 5. The average molecular weight is 301 g/mol. The van der Waals surface area contributed by atoms with Crippen molar-refractivity contribution in [3.8, 4) is 17.2 Å². The van der Waals surface area contributed by atoms with Gasteiger partial charge in [0.1, 0.15) is 5.75 Å². The van der Waals surface area contributed by atoms with E-state index in [0.717, 1.165) is 11.4 Å². The smallest absolute Gasteiger partial charge is 0.258 e. The highest BCUT2D eigenvalue weighted by Gasteiger charge is 2.16. The third kappa shape index (κ3) is 3.14. The van der Waals surface area contributed by atoms with Gasteiger partial charge in [0.25, 0.3) is 5.91 Å². The Morgan fingerprint density at radius 3 is 2.05 bits per heavy atom. The molecule has 5 heteroatoms. The minimum Gasteiger partial charge on any atom is -0.497 e. The van der Waals surface area contributed by atoms with E-state index in [-0.39, 0.29) is 5.91 Å². The number of hydrogen-bond acceptors (Lipinski definition) is 4. The van der Waals surface area contributed by atoms with Crippen LogP contribution in [0.1, 0.15) is 10.4 Å². The first-order valence-corrected chi connectivity index (χ1v) is 6.75. The van der Waals surface area contributed by atoms with Gasteiger partial charge in [-0.05, 0) is 42.5 Å². The van der Waals surface area contributed by atoms with Gasteiger partial charge in [-0.15, -0.1) is 0 Å². The second-order valence-corrected chi connectivity index (χ2v) is 4.63. The molecule has 5 nitrogen and oxygen atoms in total. The van der Waals surface area contributed by atoms with Crippen LogP contribution in [0, 0.1) is 0 Å². The summed E-state index contributed by atoms with van der Waals surface area (Å²) < 4.78 is 15.5. The van der Waals surface area contributed by atoms with Gasteiger partial charge in [-0.2, -0.15) is 0 Å². The number of carbonyl (C=O) groups is 1. The van der Waals surface area contributed by atoms with Crippen LogP contribution in [0.25, 0.3) is 0 Å². The maximum Gasteiger partial charge on any atom is 0.258 e. The van der Waals surface area contributed by atoms with E-state index in [4.69, 9.17) is 14.2 Å². The zero-order chi connectivity index (χ0) is 16.1. The minimum absolute atomic E-state index is 0.133. The summed E-state index contributed by atoms with van der Waals surface area (Å²) in [6, 6.07) is 12.4. The van der Waals surface area contributed by atoms with E-state index in [1.54, 1.807) is 51.5 Å². The van der Waals surface area contributed by atoms with Crippen molar-refractivity contribution in [3.63, 3.8) is 0 Å². The molecule has 0 heterocycles. The standard InChI is InChI=1S/C17H19NO4/c1-18(13-6-8-14(20-2)9-7-13)17(19)12-5-10-15(21-3)16(11-12)22-4/h5-11H,1-4H3. The van der Waals surface area contributed by atoms with Crippen molar-refractivity contribution >= 4 is 11.6 Å². The minimum atomic E-state index is -0.133. The zero-order valence-electron chi connectivity index (χ0n) is 13.1. The van der Waals surface area contributed by atoms with Crippen molar-refractivity contribution in [2.75, 3.05) is 33.3 Å². The summed E-state index contributed by atoms with van der Waals surface area (Å²) in [7, 11) is 6.43. The van der Waals surface area contributed by atoms with Crippen LogP contribution in [0.15, 0.2) is 42.5 Å². The second kappa shape index (κ2) is 6.85. The lowest BCUT2D eigenvalue weighted by molar-refractivity contribution is 0.0992. The Kier molecular flexibility index (Phi) is 4.88. The van der Waals surface area contributed by atoms with Gasteiger partial charge in [0.15, 0.2) is 11.5 Å². The molecule has 0 aliphatic carbocycles. The molecule has 0 saturated carbocycles. The summed E-state index contributed by atoms with van der Waals surface area (Å²) >= 11 is 0. The molecule has 0 aliphatic rings. The van der Waals surface area contributed by atoms with Crippen molar-refractivity contribution in [1.29, 1.82) is 0 Å². The first kappa shape index (κ1) is 15.7. The van der Waals surface area contributed by atoms with E-state index < -0.39 is 0 Å².